The number of hydrogen-bond donors (Lipinski definition) is 2. The molecule has 0 aliphatic carbocycles. The molecule has 8 nitrogen and oxygen atoms in total. The van der Waals surface area contributed by atoms with E-state index in [9.17, 15) is 9.59 Å². The number of nitrogens with one attached hydrogen (secondary N) is 1. The highest BCUT2D eigenvalue weighted by atomic mass is 32.2. The molecule has 9 heteroatoms. The van der Waals surface area contributed by atoms with Crippen LogP contribution < -0.4 is 16.0 Å². The quantitative estimate of drug-likeness (QED) is 0.540. The maximum Gasteiger partial charge on any atom is 0.234 e. The predicted molar refractivity (Wildman–Crippen MR) is 125 cm³/mol. The maximum atomic E-state index is 12.3. The molecule has 0 bridgehead atoms. The summed E-state index contributed by atoms with van der Waals surface area (Å²) in [6.45, 7) is 1.42. The van der Waals surface area contributed by atoms with Gasteiger partial charge in [0.15, 0.2) is 0 Å². The van der Waals surface area contributed by atoms with E-state index in [1.54, 1.807) is 12.5 Å². The molecule has 1 saturated heterocycles. The van der Waals surface area contributed by atoms with E-state index in [1.165, 1.54) is 11.8 Å². The minimum absolute atomic E-state index is 0.108. The SMILES string of the molecule is NC(=O)C1CCCN(c2ccc(NC(=O)CSCc3coc(-c4ccccc4)n3)cn2)C1. The first-order valence-corrected chi connectivity index (χ1v) is 11.6. The van der Waals surface area contributed by atoms with Crippen molar-refractivity contribution < 1.29 is 14.0 Å². The van der Waals surface area contributed by atoms with Gasteiger partial charge < -0.3 is 20.4 Å². The molecule has 1 aliphatic rings. The second-order valence-corrected chi connectivity index (χ2v) is 8.63. The number of hydrogen-bond acceptors (Lipinski definition) is 7. The summed E-state index contributed by atoms with van der Waals surface area (Å²) in [6, 6.07) is 13.4. The zero-order valence-electron chi connectivity index (χ0n) is 17.6. The topological polar surface area (TPSA) is 114 Å². The summed E-state index contributed by atoms with van der Waals surface area (Å²) in [5.74, 6) is 1.71. The normalized spacial score (nSPS) is 16.0. The number of aromatic nitrogens is 2. The highest BCUT2D eigenvalue weighted by Crippen LogP contribution is 2.23. The van der Waals surface area contributed by atoms with Crippen LogP contribution in [0.2, 0.25) is 0 Å². The summed E-state index contributed by atoms with van der Waals surface area (Å²) in [4.78, 5) is 34.7. The first-order chi connectivity index (χ1) is 15.6. The van der Waals surface area contributed by atoms with Crippen LogP contribution in [0.15, 0.2) is 59.3 Å². The largest absolute Gasteiger partial charge is 0.444 e. The van der Waals surface area contributed by atoms with E-state index in [-0.39, 0.29) is 17.7 Å². The first-order valence-electron chi connectivity index (χ1n) is 10.5. The number of carbonyl (C=O) groups excluding carboxylic acids is 2. The van der Waals surface area contributed by atoms with Gasteiger partial charge in [0.1, 0.15) is 12.1 Å². The zero-order chi connectivity index (χ0) is 22.3. The third-order valence-electron chi connectivity index (χ3n) is 5.23. The molecule has 4 rings (SSSR count). The molecule has 166 valence electrons. The lowest BCUT2D eigenvalue weighted by Crippen LogP contribution is -2.41. The fourth-order valence-electron chi connectivity index (χ4n) is 3.60. The maximum absolute atomic E-state index is 12.3. The number of thioether (sulfide) groups is 1. The van der Waals surface area contributed by atoms with E-state index in [1.807, 2.05) is 42.5 Å². The van der Waals surface area contributed by atoms with Crippen LogP contribution in [0.4, 0.5) is 11.5 Å². The number of amides is 2. The molecule has 1 aliphatic heterocycles. The molecule has 3 aromatic rings. The first kappa shape index (κ1) is 21.9. The molecule has 2 amide bonds. The number of carbonyl (C=O) groups is 2. The van der Waals surface area contributed by atoms with Crippen molar-refractivity contribution in [3.8, 4) is 11.5 Å². The van der Waals surface area contributed by atoms with Crippen LogP contribution in [0.5, 0.6) is 0 Å². The lowest BCUT2D eigenvalue weighted by molar-refractivity contribution is -0.122. The van der Waals surface area contributed by atoms with E-state index in [2.05, 4.69) is 20.2 Å². The molecule has 32 heavy (non-hydrogen) atoms. The minimum Gasteiger partial charge on any atom is -0.444 e. The predicted octanol–water partition coefficient (Wildman–Crippen LogP) is 3.31. The summed E-state index contributed by atoms with van der Waals surface area (Å²) in [7, 11) is 0. The molecule has 0 radical (unpaired) electrons. The molecule has 1 atom stereocenters. The highest BCUT2D eigenvalue weighted by Gasteiger charge is 2.24. The molecular weight excluding hydrogens is 426 g/mol. The van der Waals surface area contributed by atoms with Gasteiger partial charge >= 0.3 is 0 Å². The van der Waals surface area contributed by atoms with Gasteiger partial charge in [-0.05, 0) is 37.1 Å². The number of piperidine rings is 1. The Hall–Kier alpha value is -3.33. The van der Waals surface area contributed by atoms with Crippen LogP contribution >= 0.6 is 11.8 Å². The van der Waals surface area contributed by atoms with Crippen LogP contribution in [0.3, 0.4) is 0 Å². The second-order valence-electron chi connectivity index (χ2n) is 7.64. The standard InChI is InChI=1S/C23H25N5O3S/c24-22(30)17-7-4-10-28(12-17)20-9-8-18(11-25-20)26-21(29)15-32-14-19-13-31-23(27-19)16-5-2-1-3-6-16/h1-3,5-6,8-9,11,13,17H,4,7,10,12,14-15H2,(H2,24,30)(H,26,29). The van der Waals surface area contributed by atoms with Gasteiger partial charge in [-0.25, -0.2) is 9.97 Å². The van der Waals surface area contributed by atoms with E-state index < -0.39 is 0 Å². The molecule has 1 fully saturated rings. The fraction of sp³-hybridized carbons (Fsp3) is 0.304. The number of rotatable bonds is 8. The molecule has 1 aromatic carbocycles. The molecular formula is C23H25N5O3S. The van der Waals surface area contributed by atoms with Crippen molar-refractivity contribution >= 4 is 35.1 Å². The van der Waals surface area contributed by atoms with E-state index in [4.69, 9.17) is 10.2 Å². The monoisotopic (exact) mass is 451 g/mol. The van der Waals surface area contributed by atoms with Crippen molar-refractivity contribution in [2.45, 2.75) is 18.6 Å². The Balaban J connectivity index is 1.23. The Labute approximate surface area is 190 Å². The lowest BCUT2D eigenvalue weighted by Gasteiger charge is -2.32. The van der Waals surface area contributed by atoms with Gasteiger partial charge in [-0.2, -0.15) is 0 Å². The number of nitrogens with two attached hydrogens (primary N) is 1. The Morgan fingerprint density at radius 3 is 2.81 bits per heavy atom. The van der Waals surface area contributed by atoms with Crippen molar-refractivity contribution in [1.82, 2.24) is 9.97 Å². The number of benzene rings is 1. The third-order valence-corrected chi connectivity index (χ3v) is 6.20. The number of pyridine rings is 1. The van der Waals surface area contributed by atoms with E-state index in [0.29, 0.717) is 29.6 Å². The molecule has 0 spiro atoms. The number of oxazole rings is 1. The Bertz CT molecular complexity index is 1060. The van der Waals surface area contributed by atoms with Crippen molar-refractivity contribution in [3.05, 3.63) is 60.6 Å². The molecule has 0 saturated carbocycles. The number of anilines is 2. The third kappa shape index (κ3) is 5.67. The summed E-state index contributed by atoms with van der Waals surface area (Å²) in [5.41, 5.74) is 7.80. The summed E-state index contributed by atoms with van der Waals surface area (Å²) < 4.78 is 5.52. The second kappa shape index (κ2) is 10.3. The highest BCUT2D eigenvalue weighted by molar-refractivity contribution is 7.99. The van der Waals surface area contributed by atoms with Gasteiger partial charge in [0.25, 0.3) is 0 Å². The average molecular weight is 452 g/mol. The van der Waals surface area contributed by atoms with Crippen LogP contribution in [0.25, 0.3) is 11.5 Å². The van der Waals surface area contributed by atoms with Crippen molar-refractivity contribution in [2.24, 2.45) is 11.7 Å². The van der Waals surface area contributed by atoms with Gasteiger partial charge in [0.2, 0.25) is 17.7 Å². The lowest BCUT2D eigenvalue weighted by atomic mass is 9.97. The fourth-order valence-corrected chi connectivity index (χ4v) is 4.30. The van der Waals surface area contributed by atoms with Gasteiger partial charge in [0, 0.05) is 24.4 Å². The average Bonchev–Trinajstić information content (AvgIpc) is 3.29. The smallest absolute Gasteiger partial charge is 0.234 e. The minimum atomic E-state index is -0.266. The van der Waals surface area contributed by atoms with Crippen molar-refractivity contribution in [1.29, 1.82) is 0 Å². The summed E-state index contributed by atoms with van der Waals surface area (Å²) in [5, 5.41) is 2.86. The van der Waals surface area contributed by atoms with E-state index >= 15 is 0 Å². The van der Waals surface area contributed by atoms with Gasteiger partial charge in [0.05, 0.1) is 29.2 Å². The molecule has 3 heterocycles. The van der Waals surface area contributed by atoms with Gasteiger partial charge in [-0.3, -0.25) is 9.59 Å². The molecule has 1 unspecified atom stereocenters. The van der Waals surface area contributed by atoms with Crippen LogP contribution in [-0.4, -0.2) is 40.6 Å². The van der Waals surface area contributed by atoms with Crippen LogP contribution in [-0.2, 0) is 15.3 Å². The summed E-state index contributed by atoms with van der Waals surface area (Å²) >= 11 is 1.46. The van der Waals surface area contributed by atoms with Gasteiger partial charge in [-0.1, -0.05) is 18.2 Å². The Kier molecular flexibility index (Phi) is 7.06. The Morgan fingerprint density at radius 1 is 1.22 bits per heavy atom. The zero-order valence-corrected chi connectivity index (χ0v) is 18.4. The van der Waals surface area contributed by atoms with Crippen LogP contribution in [0.1, 0.15) is 18.5 Å². The number of nitrogens with zero attached hydrogens (tertiary/aromatic N) is 3. The Morgan fingerprint density at radius 2 is 2.06 bits per heavy atom. The van der Waals surface area contributed by atoms with Crippen LogP contribution in [0, 0.1) is 5.92 Å². The van der Waals surface area contributed by atoms with Crippen molar-refractivity contribution in [2.75, 3.05) is 29.1 Å². The molecule has 3 N–H and O–H groups in total. The summed E-state index contributed by atoms with van der Waals surface area (Å²) in [6.07, 6.45) is 4.98. The van der Waals surface area contributed by atoms with Gasteiger partial charge in [-0.15, -0.1) is 11.8 Å². The molecule has 2 aromatic heterocycles. The number of primary amides is 1. The van der Waals surface area contributed by atoms with E-state index in [0.717, 1.165) is 36.5 Å². The van der Waals surface area contributed by atoms with Crippen molar-refractivity contribution in [3.63, 3.8) is 0 Å².